The summed E-state index contributed by atoms with van der Waals surface area (Å²) in [6.07, 6.45) is 0.377. The number of benzene rings is 2. The van der Waals surface area contributed by atoms with Gasteiger partial charge in [-0.25, -0.2) is 4.39 Å². The number of oxime groups is 1. The highest BCUT2D eigenvalue weighted by Gasteiger charge is 2.23. The molecule has 0 amide bonds. The summed E-state index contributed by atoms with van der Waals surface area (Å²) in [5, 5.41) is 13.3. The van der Waals surface area contributed by atoms with Gasteiger partial charge in [-0.3, -0.25) is 4.79 Å². The van der Waals surface area contributed by atoms with Crippen molar-refractivity contribution in [2.45, 2.75) is 20.0 Å². The number of carbonyl (C=O) groups excluding carboxylic acids is 1. The number of carbonyl (C=O) groups is 1. The Morgan fingerprint density at radius 3 is 2.32 bits per heavy atom. The third-order valence-electron chi connectivity index (χ3n) is 3.72. The number of phenolic OH excluding ortho intramolecular Hbond substituents is 1. The fraction of sp³-hybridized carbons (Fsp3) is 0.263. The molecule has 0 bridgehead atoms. The van der Waals surface area contributed by atoms with E-state index in [4.69, 9.17) is 9.57 Å². The normalized spacial score (nSPS) is 12.5. The van der Waals surface area contributed by atoms with E-state index >= 15 is 0 Å². The van der Waals surface area contributed by atoms with Crippen LogP contribution in [-0.2, 0) is 27.4 Å². The van der Waals surface area contributed by atoms with E-state index in [1.807, 2.05) is 0 Å². The first-order valence-electron chi connectivity index (χ1n) is 7.76. The van der Waals surface area contributed by atoms with Crippen LogP contribution >= 0.6 is 0 Å². The Kier molecular flexibility index (Phi) is 6.51. The number of methoxy groups -OCH3 is 1. The van der Waals surface area contributed by atoms with Gasteiger partial charge >= 0.3 is 5.97 Å². The number of halogens is 1. The molecule has 25 heavy (non-hydrogen) atoms. The molecule has 0 heterocycles. The van der Waals surface area contributed by atoms with E-state index < -0.39 is 11.9 Å². The maximum Gasteiger partial charge on any atom is 0.314 e. The van der Waals surface area contributed by atoms with Gasteiger partial charge in [0.2, 0.25) is 0 Å². The Morgan fingerprint density at radius 2 is 1.72 bits per heavy atom. The molecule has 0 fully saturated rings. The number of hydrogen-bond donors (Lipinski definition) is 1. The lowest BCUT2D eigenvalue weighted by atomic mass is 9.95. The lowest BCUT2D eigenvalue weighted by Gasteiger charge is -2.14. The Labute approximate surface area is 145 Å². The fourth-order valence-corrected chi connectivity index (χ4v) is 2.26. The second-order valence-electron chi connectivity index (χ2n) is 5.58. The maximum absolute atomic E-state index is 12.9. The molecular formula is C19H20FNO4. The number of phenols is 1. The zero-order chi connectivity index (χ0) is 18.2. The SMILES string of the molecule is COC(=O)C(Cc1ccc(O)cc1)C(C)=NOCc1ccc(F)cc1. The number of ether oxygens (including phenoxy) is 1. The molecule has 0 saturated carbocycles. The molecule has 5 nitrogen and oxygen atoms in total. The van der Waals surface area contributed by atoms with Crippen molar-refractivity contribution in [3.8, 4) is 5.75 Å². The number of rotatable bonds is 7. The molecule has 0 aliphatic rings. The topological polar surface area (TPSA) is 68.1 Å². The minimum absolute atomic E-state index is 0.159. The van der Waals surface area contributed by atoms with Crippen LogP contribution in [0.5, 0.6) is 5.75 Å². The van der Waals surface area contributed by atoms with Crippen molar-refractivity contribution in [3.63, 3.8) is 0 Å². The largest absolute Gasteiger partial charge is 0.508 e. The van der Waals surface area contributed by atoms with Gasteiger partial charge in [0.25, 0.3) is 0 Å². The minimum atomic E-state index is -0.595. The van der Waals surface area contributed by atoms with Crippen molar-refractivity contribution in [1.82, 2.24) is 0 Å². The van der Waals surface area contributed by atoms with Crippen molar-refractivity contribution in [2.75, 3.05) is 7.11 Å². The van der Waals surface area contributed by atoms with Crippen LogP contribution < -0.4 is 0 Å². The summed E-state index contributed by atoms with van der Waals surface area (Å²) in [6, 6.07) is 12.5. The molecule has 0 spiro atoms. The van der Waals surface area contributed by atoms with Crippen molar-refractivity contribution in [3.05, 3.63) is 65.5 Å². The molecule has 0 aliphatic carbocycles. The van der Waals surface area contributed by atoms with E-state index in [2.05, 4.69) is 5.16 Å². The van der Waals surface area contributed by atoms with Crippen molar-refractivity contribution < 1.29 is 23.9 Å². The van der Waals surface area contributed by atoms with Crippen LogP contribution in [0.15, 0.2) is 53.7 Å². The highest BCUT2D eigenvalue weighted by Crippen LogP contribution is 2.16. The van der Waals surface area contributed by atoms with E-state index in [9.17, 15) is 14.3 Å². The Bertz CT molecular complexity index is 726. The van der Waals surface area contributed by atoms with Gasteiger partial charge in [0.15, 0.2) is 0 Å². The first kappa shape index (κ1) is 18.4. The van der Waals surface area contributed by atoms with Gasteiger partial charge in [-0.1, -0.05) is 29.4 Å². The van der Waals surface area contributed by atoms with Crippen molar-refractivity contribution in [1.29, 1.82) is 0 Å². The van der Waals surface area contributed by atoms with Gasteiger partial charge in [0, 0.05) is 0 Å². The Morgan fingerprint density at radius 1 is 1.12 bits per heavy atom. The molecule has 0 radical (unpaired) electrons. The summed E-state index contributed by atoms with van der Waals surface area (Å²) < 4.78 is 17.7. The third kappa shape index (κ3) is 5.60. The number of esters is 1. The molecule has 6 heteroatoms. The predicted molar refractivity (Wildman–Crippen MR) is 91.6 cm³/mol. The summed E-state index contributed by atoms with van der Waals surface area (Å²) in [5.41, 5.74) is 2.11. The van der Waals surface area contributed by atoms with E-state index in [0.29, 0.717) is 12.1 Å². The number of aromatic hydroxyl groups is 1. The zero-order valence-corrected chi connectivity index (χ0v) is 14.1. The molecule has 0 aliphatic heterocycles. The highest BCUT2D eigenvalue weighted by atomic mass is 19.1. The van der Waals surface area contributed by atoms with Crippen LogP contribution in [-0.4, -0.2) is 23.9 Å². The van der Waals surface area contributed by atoms with Crippen LogP contribution in [0, 0.1) is 11.7 Å². The Balaban J connectivity index is 2.03. The predicted octanol–water partition coefficient (Wildman–Crippen LogP) is 3.46. The molecule has 0 aromatic heterocycles. The zero-order valence-electron chi connectivity index (χ0n) is 14.1. The lowest BCUT2D eigenvalue weighted by molar-refractivity contribution is -0.143. The lowest BCUT2D eigenvalue weighted by Crippen LogP contribution is -2.26. The van der Waals surface area contributed by atoms with Gasteiger partial charge < -0.3 is 14.7 Å². The van der Waals surface area contributed by atoms with E-state index in [-0.39, 0.29) is 18.2 Å². The molecule has 1 unspecified atom stereocenters. The summed E-state index contributed by atoms with van der Waals surface area (Å²) in [4.78, 5) is 17.3. The first-order valence-corrected chi connectivity index (χ1v) is 7.76. The average molecular weight is 345 g/mol. The third-order valence-corrected chi connectivity index (χ3v) is 3.72. The molecule has 2 rings (SSSR count). The summed E-state index contributed by atoms with van der Waals surface area (Å²) in [6.45, 7) is 1.86. The van der Waals surface area contributed by atoms with Gasteiger partial charge in [-0.05, 0) is 48.7 Å². The quantitative estimate of drug-likeness (QED) is 0.474. The smallest absolute Gasteiger partial charge is 0.314 e. The molecule has 132 valence electrons. The molecule has 1 N–H and O–H groups in total. The van der Waals surface area contributed by atoms with E-state index in [0.717, 1.165) is 11.1 Å². The monoisotopic (exact) mass is 345 g/mol. The van der Waals surface area contributed by atoms with Gasteiger partial charge in [-0.15, -0.1) is 0 Å². The van der Waals surface area contributed by atoms with Crippen LogP contribution in [0.4, 0.5) is 4.39 Å². The summed E-state index contributed by atoms with van der Waals surface area (Å²) in [5.74, 6) is -1.17. The van der Waals surface area contributed by atoms with Gasteiger partial charge in [0.1, 0.15) is 24.1 Å². The van der Waals surface area contributed by atoms with Gasteiger partial charge in [0.05, 0.1) is 12.8 Å². The maximum atomic E-state index is 12.9. The molecule has 2 aromatic rings. The molecule has 2 aromatic carbocycles. The van der Waals surface area contributed by atoms with Crippen LogP contribution in [0.3, 0.4) is 0 Å². The summed E-state index contributed by atoms with van der Waals surface area (Å²) >= 11 is 0. The average Bonchev–Trinajstić information content (AvgIpc) is 2.62. The van der Waals surface area contributed by atoms with Crippen LogP contribution in [0.25, 0.3) is 0 Å². The standard InChI is InChI=1S/C19H20FNO4/c1-13(21-25-12-15-3-7-16(20)8-4-15)18(19(23)24-2)11-14-5-9-17(22)10-6-14/h3-10,18,22H,11-12H2,1-2H3. The van der Waals surface area contributed by atoms with Crippen molar-refractivity contribution in [2.24, 2.45) is 11.1 Å². The first-order chi connectivity index (χ1) is 12.0. The number of hydrogen-bond acceptors (Lipinski definition) is 5. The van der Waals surface area contributed by atoms with E-state index in [1.54, 1.807) is 43.3 Å². The van der Waals surface area contributed by atoms with Crippen molar-refractivity contribution >= 4 is 11.7 Å². The minimum Gasteiger partial charge on any atom is -0.508 e. The second-order valence-corrected chi connectivity index (χ2v) is 5.58. The summed E-state index contributed by atoms with van der Waals surface area (Å²) in [7, 11) is 1.32. The molecular weight excluding hydrogens is 325 g/mol. The Hall–Kier alpha value is -2.89. The van der Waals surface area contributed by atoms with Gasteiger partial charge in [-0.2, -0.15) is 0 Å². The molecule has 0 saturated heterocycles. The number of nitrogens with zero attached hydrogens (tertiary/aromatic N) is 1. The second kappa shape index (κ2) is 8.82. The fourth-order valence-electron chi connectivity index (χ4n) is 2.26. The van der Waals surface area contributed by atoms with E-state index in [1.165, 1.54) is 19.2 Å². The molecule has 1 atom stereocenters. The highest BCUT2D eigenvalue weighted by molar-refractivity contribution is 6.00. The van der Waals surface area contributed by atoms with Crippen LogP contribution in [0.2, 0.25) is 0 Å². The van der Waals surface area contributed by atoms with Crippen LogP contribution in [0.1, 0.15) is 18.1 Å².